The summed E-state index contributed by atoms with van der Waals surface area (Å²) < 4.78 is 12.1. The summed E-state index contributed by atoms with van der Waals surface area (Å²) in [6, 6.07) is 26.0. The zero-order chi connectivity index (χ0) is 20.5. The van der Waals surface area contributed by atoms with Crippen molar-refractivity contribution in [3.05, 3.63) is 95.6 Å². The van der Waals surface area contributed by atoms with E-state index < -0.39 is 0 Å². The number of rotatable bonds is 9. The second-order valence-electron chi connectivity index (χ2n) is 7.12. The minimum atomic E-state index is 0.112. The molecule has 0 aliphatic rings. The van der Waals surface area contributed by atoms with Gasteiger partial charge in [0.05, 0.1) is 0 Å². The zero-order valence-electron chi connectivity index (χ0n) is 17.0. The molecule has 3 rings (SSSR count). The predicted octanol–water partition coefficient (Wildman–Crippen LogP) is 4.87. The number of carbonyl (C=O) groups is 1. The third kappa shape index (κ3) is 6.39. The van der Waals surface area contributed by atoms with Crippen molar-refractivity contribution in [2.45, 2.75) is 26.1 Å². The van der Waals surface area contributed by atoms with Gasteiger partial charge in [-0.25, -0.2) is 0 Å². The van der Waals surface area contributed by atoms with Gasteiger partial charge in [0.1, 0.15) is 13.2 Å². The van der Waals surface area contributed by atoms with Gasteiger partial charge in [0.25, 0.3) is 0 Å². The number of hydrogen-bond acceptors (Lipinski definition) is 3. The Kier molecular flexibility index (Phi) is 7.28. The molecule has 0 heterocycles. The third-order valence-corrected chi connectivity index (χ3v) is 4.61. The monoisotopic (exact) mass is 389 g/mol. The van der Waals surface area contributed by atoms with Gasteiger partial charge in [-0.3, -0.25) is 4.79 Å². The molecule has 0 radical (unpaired) electrons. The van der Waals surface area contributed by atoms with Crippen molar-refractivity contribution in [1.29, 1.82) is 0 Å². The molecule has 0 atom stereocenters. The first kappa shape index (κ1) is 20.5. The van der Waals surface area contributed by atoms with Crippen LogP contribution in [0.4, 0.5) is 0 Å². The topological polar surface area (TPSA) is 38.8 Å². The second kappa shape index (κ2) is 10.3. The fourth-order valence-electron chi connectivity index (χ4n) is 2.89. The number of nitrogens with zero attached hydrogens (tertiary/aromatic N) is 1. The Labute approximate surface area is 172 Å². The molecule has 0 aliphatic carbocycles. The van der Waals surface area contributed by atoms with Gasteiger partial charge < -0.3 is 14.4 Å². The summed E-state index contributed by atoms with van der Waals surface area (Å²) in [6.45, 7) is 0.934. The Morgan fingerprint density at radius 3 is 1.83 bits per heavy atom. The normalized spacial score (nSPS) is 10.4. The van der Waals surface area contributed by atoms with Gasteiger partial charge in [0, 0.05) is 20.5 Å². The molecule has 29 heavy (non-hydrogen) atoms. The molecule has 0 N–H and O–H groups in total. The summed E-state index contributed by atoms with van der Waals surface area (Å²) >= 11 is 0. The van der Waals surface area contributed by atoms with E-state index >= 15 is 0 Å². The molecule has 150 valence electrons. The van der Waals surface area contributed by atoms with Crippen LogP contribution in [0.25, 0.3) is 0 Å². The zero-order valence-corrected chi connectivity index (χ0v) is 17.0. The van der Waals surface area contributed by atoms with Crippen molar-refractivity contribution in [1.82, 2.24) is 4.90 Å². The van der Waals surface area contributed by atoms with Crippen LogP contribution in [-0.4, -0.2) is 24.9 Å². The van der Waals surface area contributed by atoms with Crippen LogP contribution in [0.3, 0.4) is 0 Å². The molecule has 0 fully saturated rings. The largest absolute Gasteiger partial charge is 0.485 e. The summed E-state index contributed by atoms with van der Waals surface area (Å²) in [5, 5.41) is 0. The van der Waals surface area contributed by atoms with Crippen LogP contribution in [0.1, 0.15) is 23.1 Å². The fraction of sp³-hybridized carbons (Fsp3) is 0.240. The lowest BCUT2D eigenvalue weighted by molar-refractivity contribution is -0.128. The first-order valence-corrected chi connectivity index (χ1v) is 9.78. The minimum absolute atomic E-state index is 0.112. The van der Waals surface area contributed by atoms with Gasteiger partial charge in [0.15, 0.2) is 11.5 Å². The third-order valence-electron chi connectivity index (χ3n) is 4.61. The summed E-state index contributed by atoms with van der Waals surface area (Å²) in [7, 11) is 3.55. The van der Waals surface area contributed by atoms with Crippen LogP contribution >= 0.6 is 0 Å². The summed E-state index contributed by atoms with van der Waals surface area (Å²) in [4.78, 5) is 13.5. The van der Waals surface area contributed by atoms with E-state index in [4.69, 9.17) is 9.47 Å². The quantitative estimate of drug-likeness (QED) is 0.524. The smallest absolute Gasteiger partial charge is 0.222 e. The van der Waals surface area contributed by atoms with Crippen LogP contribution in [0.15, 0.2) is 78.9 Å². The maximum Gasteiger partial charge on any atom is 0.222 e. The molecule has 3 aromatic rings. The Balaban J connectivity index is 1.73. The highest BCUT2D eigenvalue weighted by atomic mass is 16.5. The van der Waals surface area contributed by atoms with Crippen molar-refractivity contribution in [2.24, 2.45) is 0 Å². The van der Waals surface area contributed by atoms with Crippen LogP contribution in [0.2, 0.25) is 0 Å². The highest BCUT2D eigenvalue weighted by Gasteiger charge is 2.10. The summed E-state index contributed by atoms with van der Waals surface area (Å²) in [6.07, 6.45) is 1.13. The minimum Gasteiger partial charge on any atom is -0.485 e. The van der Waals surface area contributed by atoms with E-state index in [2.05, 4.69) is 0 Å². The van der Waals surface area contributed by atoms with Gasteiger partial charge in [-0.05, 0) is 35.2 Å². The van der Waals surface area contributed by atoms with Crippen LogP contribution in [0.5, 0.6) is 11.5 Å². The Hall–Kier alpha value is -3.27. The fourth-order valence-corrected chi connectivity index (χ4v) is 2.89. The van der Waals surface area contributed by atoms with Gasteiger partial charge >= 0.3 is 0 Å². The number of carbonyl (C=O) groups excluding carboxylic acids is 1. The van der Waals surface area contributed by atoms with E-state index in [1.165, 1.54) is 0 Å². The van der Waals surface area contributed by atoms with Gasteiger partial charge in [-0.15, -0.1) is 0 Å². The highest BCUT2D eigenvalue weighted by molar-refractivity contribution is 5.75. The molecular weight excluding hydrogens is 362 g/mol. The lowest BCUT2D eigenvalue weighted by atomic mass is 10.1. The Morgan fingerprint density at radius 1 is 0.724 bits per heavy atom. The molecule has 0 saturated carbocycles. The van der Waals surface area contributed by atoms with E-state index in [0.717, 1.165) is 16.7 Å². The van der Waals surface area contributed by atoms with Crippen molar-refractivity contribution in [3.63, 3.8) is 0 Å². The number of hydrogen-bond donors (Lipinski definition) is 0. The van der Waals surface area contributed by atoms with E-state index in [9.17, 15) is 4.79 Å². The van der Waals surface area contributed by atoms with Crippen molar-refractivity contribution < 1.29 is 14.3 Å². The molecule has 0 aromatic heterocycles. The summed E-state index contributed by atoms with van der Waals surface area (Å²) in [5.41, 5.74) is 3.24. The van der Waals surface area contributed by atoms with E-state index in [1.807, 2.05) is 78.9 Å². The maximum atomic E-state index is 11.9. The van der Waals surface area contributed by atoms with E-state index in [0.29, 0.717) is 37.6 Å². The lowest BCUT2D eigenvalue weighted by Crippen LogP contribution is -2.21. The molecular formula is C25H27NO3. The molecule has 0 unspecified atom stereocenters. The van der Waals surface area contributed by atoms with Crippen molar-refractivity contribution >= 4 is 5.91 Å². The highest BCUT2D eigenvalue weighted by Crippen LogP contribution is 2.30. The van der Waals surface area contributed by atoms with Crippen LogP contribution in [-0.2, 0) is 24.4 Å². The number of amides is 1. The molecule has 0 saturated heterocycles. The van der Waals surface area contributed by atoms with Gasteiger partial charge in [-0.1, -0.05) is 66.7 Å². The van der Waals surface area contributed by atoms with Crippen LogP contribution in [0, 0.1) is 0 Å². The van der Waals surface area contributed by atoms with Crippen molar-refractivity contribution in [2.75, 3.05) is 14.1 Å². The average molecular weight is 389 g/mol. The van der Waals surface area contributed by atoms with Gasteiger partial charge in [-0.2, -0.15) is 0 Å². The Bertz CT molecular complexity index is 908. The number of aryl methyl sites for hydroxylation is 1. The van der Waals surface area contributed by atoms with E-state index in [1.54, 1.807) is 19.0 Å². The number of benzene rings is 3. The van der Waals surface area contributed by atoms with Gasteiger partial charge in [0.2, 0.25) is 5.91 Å². The average Bonchev–Trinajstić information content (AvgIpc) is 2.76. The number of ether oxygens (including phenoxy) is 2. The van der Waals surface area contributed by atoms with Crippen molar-refractivity contribution in [3.8, 4) is 11.5 Å². The molecule has 0 bridgehead atoms. The first-order chi connectivity index (χ1) is 14.1. The molecule has 4 nitrogen and oxygen atoms in total. The molecule has 3 aromatic carbocycles. The van der Waals surface area contributed by atoms with Crippen LogP contribution < -0.4 is 9.47 Å². The standard InChI is InChI=1S/C25H27NO3/c1-26(2)25(27)16-14-20-13-15-23(28-18-21-9-5-3-6-10-21)24(17-20)29-19-22-11-7-4-8-12-22/h3-13,15,17H,14,16,18-19H2,1-2H3. The maximum absolute atomic E-state index is 11.9. The SMILES string of the molecule is CN(C)C(=O)CCc1ccc(OCc2ccccc2)c(OCc2ccccc2)c1. The molecule has 0 aliphatic heterocycles. The second-order valence-corrected chi connectivity index (χ2v) is 7.12. The molecule has 1 amide bonds. The molecule has 4 heteroatoms. The van der Waals surface area contributed by atoms with E-state index in [-0.39, 0.29) is 5.91 Å². The summed E-state index contributed by atoms with van der Waals surface area (Å²) in [5.74, 6) is 1.51. The first-order valence-electron chi connectivity index (χ1n) is 9.78. The predicted molar refractivity (Wildman–Crippen MR) is 115 cm³/mol. The lowest BCUT2D eigenvalue weighted by Gasteiger charge is -2.15. The Morgan fingerprint density at radius 2 is 1.28 bits per heavy atom. The molecule has 0 spiro atoms.